The Hall–Kier alpha value is -2.28. The second kappa shape index (κ2) is 21.0. The van der Waals surface area contributed by atoms with Crippen molar-refractivity contribution in [1.82, 2.24) is 30.1 Å². The maximum atomic E-state index is 8.49. The smallest absolute Gasteiger partial charge is 0.412 e. The van der Waals surface area contributed by atoms with E-state index in [9.17, 15) is 0 Å². The fourth-order valence-electron chi connectivity index (χ4n) is 1.34. The average molecular weight is 599 g/mol. The molecule has 1 radical (unpaired) electrons. The molecule has 35 heavy (non-hydrogen) atoms. The monoisotopic (exact) mass is 597 g/mol. The molecule has 4 heterocycles. The SMILES string of the molecule is NCCN.O.O.[Cu+2].[O-][Cl+3]([O-])([O-])[O-].[O-][Cl+3]([O-])([O-])[O-].c1cnc2nc[n-][n+]2c1.c1cnc2nc[n-][n+]2c1. The number of hydrogen-bond donors (Lipinski definition) is 2. The van der Waals surface area contributed by atoms with Crippen LogP contribution in [0, 0.1) is 20.5 Å². The van der Waals surface area contributed by atoms with Crippen LogP contribution in [0.1, 0.15) is 0 Å². The van der Waals surface area contributed by atoms with Crippen LogP contribution in [-0.4, -0.2) is 44.0 Å². The van der Waals surface area contributed by atoms with Crippen molar-refractivity contribution in [1.29, 1.82) is 0 Å². The molecule has 23 heteroatoms. The van der Waals surface area contributed by atoms with Gasteiger partial charge in [-0.25, -0.2) is 37.3 Å². The van der Waals surface area contributed by atoms with E-state index in [0.29, 0.717) is 24.6 Å². The van der Waals surface area contributed by atoms with Gasteiger partial charge in [0.05, 0.1) is 12.4 Å². The summed E-state index contributed by atoms with van der Waals surface area (Å²) in [7, 11) is -9.89. The molecule has 0 saturated carbocycles. The van der Waals surface area contributed by atoms with Gasteiger partial charge >= 0.3 is 28.6 Å². The van der Waals surface area contributed by atoms with Crippen molar-refractivity contribution in [2.75, 3.05) is 13.1 Å². The van der Waals surface area contributed by atoms with Gasteiger partial charge in [-0.3, -0.25) is 10.2 Å². The maximum absolute atomic E-state index is 8.49. The number of halogens is 2. The Kier molecular flexibility index (Phi) is 24.0. The summed E-state index contributed by atoms with van der Waals surface area (Å²) >= 11 is 0. The Morgan fingerprint density at radius 1 is 0.657 bits per heavy atom. The Labute approximate surface area is 210 Å². The molecule has 0 spiro atoms. The molecule has 0 amide bonds. The van der Waals surface area contributed by atoms with Crippen molar-refractivity contribution in [2.24, 2.45) is 11.5 Å². The summed E-state index contributed by atoms with van der Waals surface area (Å²) in [5, 5.41) is 7.72. The standard InChI is InChI=1S/2C5H4N4.C2H8N2.2ClHO4.Cu.2H2O/c2*1-2-6-5-7-4-8-9(5)3-1;3-1-2-4;2*2-1(3,4)5;;;/h2*1-4H;1-4H2;2*(H,2,3,4,5);;2*1H2/q;;;;;+2;;/p-2. The fourth-order valence-corrected chi connectivity index (χ4v) is 1.34. The molecule has 20 nitrogen and oxygen atoms in total. The van der Waals surface area contributed by atoms with Gasteiger partial charge in [-0.05, 0) is 0 Å². The van der Waals surface area contributed by atoms with E-state index in [2.05, 4.69) is 30.1 Å². The van der Waals surface area contributed by atoms with Gasteiger partial charge in [0.15, 0.2) is 0 Å². The predicted octanol–water partition coefficient (Wildman–Crippen LogP) is -13.9. The minimum Gasteiger partial charge on any atom is -0.412 e. The predicted molar refractivity (Wildman–Crippen MR) is 82.4 cm³/mol. The molecule has 203 valence electrons. The number of rotatable bonds is 1. The first-order valence-electron chi connectivity index (χ1n) is 7.69. The van der Waals surface area contributed by atoms with Crippen LogP contribution in [0.15, 0.2) is 49.6 Å². The number of nitrogens with zero attached hydrogens (tertiary/aromatic N) is 8. The third kappa shape index (κ3) is 26.2. The molecule has 4 rings (SSSR count). The van der Waals surface area contributed by atoms with Gasteiger partial charge in [0.1, 0.15) is 25.0 Å². The first kappa shape index (κ1) is 39.9. The van der Waals surface area contributed by atoms with Gasteiger partial charge in [-0.1, -0.05) is 19.9 Å². The largest absolute Gasteiger partial charge is 2.00 e. The summed E-state index contributed by atoms with van der Waals surface area (Å²) in [6.45, 7) is 1.19. The summed E-state index contributed by atoms with van der Waals surface area (Å²) < 4.78 is 71.2. The summed E-state index contributed by atoms with van der Waals surface area (Å²) in [4.78, 5) is 15.6. The van der Waals surface area contributed by atoms with Crippen LogP contribution in [0.2, 0.25) is 0 Å². The number of hydrogen-bond acceptors (Lipinski definition) is 14. The summed E-state index contributed by atoms with van der Waals surface area (Å²) in [6, 6.07) is 3.61. The van der Waals surface area contributed by atoms with Crippen LogP contribution in [0.4, 0.5) is 0 Å². The van der Waals surface area contributed by atoms with Crippen LogP contribution in [-0.2, 0) is 17.1 Å². The average Bonchev–Trinajstić information content (AvgIpc) is 3.35. The van der Waals surface area contributed by atoms with Crippen molar-refractivity contribution in [3.63, 3.8) is 0 Å². The van der Waals surface area contributed by atoms with Crippen molar-refractivity contribution in [2.45, 2.75) is 0 Å². The zero-order valence-corrected chi connectivity index (χ0v) is 19.5. The molecular formula is C12H20Cl2CuN10O10. The van der Waals surface area contributed by atoms with Crippen molar-refractivity contribution in [3.8, 4) is 0 Å². The number of aromatic nitrogens is 8. The Morgan fingerprint density at radius 2 is 0.943 bits per heavy atom. The van der Waals surface area contributed by atoms with Crippen LogP contribution >= 0.6 is 0 Å². The van der Waals surface area contributed by atoms with Crippen LogP contribution in [0.25, 0.3) is 11.6 Å². The zero-order chi connectivity index (χ0) is 24.6. The summed E-state index contributed by atoms with van der Waals surface area (Å²) in [5.74, 6) is 1.27. The maximum Gasteiger partial charge on any atom is 2.00 e. The van der Waals surface area contributed by atoms with E-state index in [1.807, 2.05) is 12.1 Å². The van der Waals surface area contributed by atoms with Crippen LogP contribution < -0.4 is 68.0 Å². The molecular weight excluding hydrogens is 579 g/mol. The molecule has 4 aromatic heterocycles. The molecule has 8 N–H and O–H groups in total. The first-order valence-corrected chi connectivity index (χ1v) is 10.2. The van der Waals surface area contributed by atoms with Crippen LogP contribution in [0.5, 0.6) is 0 Å². The van der Waals surface area contributed by atoms with E-state index >= 15 is 0 Å². The normalized spacial score (nSPS) is 9.54. The third-order valence-electron chi connectivity index (χ3n) is 2.28. The molecule has 0 aliphatic heterocycles. The Balaban J connectivity index is -0.000000176. The molecule has 0 unspecified atom stereocenters. The van der Waals surface area contributed by atoms with Gasteiger partial charge in [0, 0.05) is 25.2 Å². The second-order valence-electron chi connectivity index (χ2n) is 4.58. The van der Waals surface area contributed by atoms with E-state index in [1.54, 1.807) is 33.8 Å². The molecule has 0 bridgehead atoms. The molecule has 4 aromatic rings. The minimum atomic E-state index is -4.94. The van der Waals surface area contributed by atoms with E-state index in [1.165, 1.54) is 12.7 Å². The molecule has 0 fully saturated rings. The molecule has 0 atom stereocenters. The van der Waals surface area contributed by atoms with E-state index in [0.717, 1.165) is 0 Å². The van der Waals surface area contributed by atoms with Crippen molar-refractivity contribution in [3.05, 3.63) is 49.6 Å². The molecule has 0 saturated heterocycles. The second-order valence-corrected chi connectivity index (χ2v) is 6.09. The molecule has 0 aliphatic carbocycles. The van der Waals surface area contributed by atoms with Crippen molar-refractivity contribution >= 4 is 11.6 Å². The van der Waals surface area contributed by atoms with E-state index < -0.39 is 20.5 Å². The molecule has 0 aromatic carbocycles. The molecule has 0 aliphatic rings. The van der Waals surface area contributed by atoms with Crippen molar-refractivity contribution < 1.29 is 94.8 Å². The summed E-state index contributed by atoms with van der Waals surface area (Å²) in [5.41, 5.74) is 9.81. The van der Waals surface area contributed by atoms with E-state index in [4.69, 9.17) is 48.7 Å². The number of fused-ring (bicyclic) bond motifs is 2. The topological polar surface area (TPSA) is 387 Å². The fraction of sp³-hybridized carbons (Fsp3) is 0.167. The number of nitrogens with two attached hydrogens (primary N) is 2. The van der Waals surface area contributed by atoms with Gasteiger partial charge in [0.2, 0.25) is 0 Å². The Bertz CT molecular complexity index is 851. The Morgan fingerprint density at radius 3 is 1.17 bits per heavy atom. The van der Waals surface area contributed by atoms with Gasteiger partial charge in [0.25, 0.3) is 0 Å². The zero-order valence-electron chi connectivity index (χ0n) is 17.1. The quantitative estimate of drug-likeness (QED) is 0.151. The van der Waals surface area contributed by atoms with Gasteiger partial charge in [-0.15, -0.1) is 20.5 Å². The van der Waals surface area contributed by atoms with Gasteiger partial charge in [-0.2, -0.15) is 9.03 Å². The third-order valence-corrected chi connectivity index (χ3v) is 2.28. The van der Waals surface area contributed by atoms with E-state index in [-0.39, 0.29) is 28.0 Å². The summed E-state index contributed by atoms with van der Waals surface area (Å²) in [6.07, 6.45) is 9.92. The first-order chi connectivity index (χ1) is 14.8. The van der Waals surface area contributed by atoms with Crippen LogP contribution in [0.3, 0.4) is 0 Å². The van der Waals surface area contributed by atoms with Gasteiger partial charge < -0.3 is 22.4 Å². The minimum absolute atomic E-state index is 0.